The Bertz CT molecular complexity index is 863. The maximum atomic E-state index is 5.61. The number of aryl methyl sites for hydroxylation is 1. The second-order valence-corrected chi connectivity index (χ2v) is 6.02. The number of pyridine rings is 1. The summed E-state index contributed by atoms with van der Waals surface area (Å²) in [6, 6.07) is 10.1. The molecule has 3 aromatic rings. The van der Waals surface area contributed by atoms with E-state index in [2.05, 4.69) is 56.9 Å². The highest BCUT2D eigenvalue weighted by Gasteiger charge is 2.06. The Morgan fingerprint density at radius 3 is 2.81 bits per heavy atom. The van der Waals surface area contributed by atoms with Gasteiger partial charge >= 0.3 is 0 Å². The minimum Gasteiger partial charge on any atom is -0.490 e. The minimum atomic E-state index is 0. The van der Waals surface area contributed by atoms with Crippen molar-refractivity contribution < 1.29 is 4.74 Å². The van der Waals surface area contributed by atoms with Crippen molar-refractivity contribution in [1.82, 2.24) is 20.6 Å². The number of benzene rings is 1. The zero-order valence-corrected chi connectivity index (χ0v) is 18.0. The van der Waals surface area contributed by atoms with E-state index in [1.165, 1.54) is 22.0 Å². The summed E-state index contributed by atoms with van der Waals surface area (Å²) < 4.78 is 5.61. The molecule has 0 aliphatic rings. The third kappa shape index (κ3) is 5.85. The number of H-pyrrole nitrogens is 1. The van der Waals surface area contributed by atoms with Crippen molar-refractivity contribution in [1.29, 1.82) is 0 Å². The molecule has 0 fully saturated rings. The number of fused-ring (bicyclic) bond motifs is 1. The first kappa shape index (κ1) is 21.0. The maximum absolute atomic E-state index is 5.61. The lowest BCUT2D eigenvalue weighted by molar-refractivity contribution is 0.320. The van der Waals surface area contributed by atoms with Crippen LogP contribution in [0.25, 0.3) is 10.9 Å². The third-order valence-corrected chi connectivity index (χ3v) is 4.20. The fourth-order valence-electron chi connectivity index (χ4n) is 2.96. The summed E-state index contributed by atoms with van der Waals surface area (Å²) in [5.74, 6) is 1.54. The van der Waals surface area contributed by atoms with Crippen LogP contribution in [0.2, 0.25) is 0 Å². The molecular formula is C20H26IN5O. The van der Waals surface area contributed by atoms with Gasteiger partial charge in [-0.1, -0.05) is 12.1 Å². The van der Waals surface area contributed by atoms with Gasteiger partial charge in [-0.05, 0) is 42.7 Å². The SMILES string of the molecule is CN=C(NCCOc1cccnc1)NCCc1c[nH]c2cccc(C)c12.I. The van der Waals surface area contributed by atoms with Gasteiger partial charge in [-0.2, -0.15) is 0 Å². The molecule has 2 aromatic heterocycles. The third-order valence-electron chi connectivity index (χ3n) is 4.20. The van der Waals surface area contributed by atoms with E-state index in [9.17, 15) is 0 Å². The molecule has 27 heavy (non-hydrogen) atoms. The summed E-state index contributed by atoms with van der Waals surface area (Å²) in [5.41, 5.74) is 3.81. The first-order valence-corrected chi connectivity index (χ1v) is 8.81. The number of halogens is 1. The molecule has 0 bridgehead atoms. The van der Waals surface area contributed by atoms with E-state index in [0.717, 1.165) is 24.7 Å². The number of hydrogen-bond acceptors (Lipinski definition) is 3. The lowest BCUT2D eigenvalue weighted by Gasteiger charge is -2.12. The predicted octanol–water partition coefficient (Wildman–Crippen LogP) is 3.28. The molecule has 0 amide bonds. The van der Waals surface area contributed by atoms with Crippen molar-refractivity contribution in [2.45, 2.75) is 13.3 Å². The molecule has 3 rings (SSSR count). The number of guanidine groups is 1. The average molecular weight is 479 g/mol. The molecule has 7 heteroatoms. The highest BCUT2D eigenvalue weighted by molar-refractivity contribution is 14.0. The van der Waals surface area contributed by atoms with Gasteiger partial charge in [-0.15, -0.1) is 24.0 Å². The van der Waals surface area contributed by atoms with Gasteiger partial charge in [0.2, 0.25) is 0 Å². The molecule has 6 nitrogen and oxygen atoms in total. The van der Waals surface area contributed by atoms with Crippen LogP contribution in [0.4, 0.5) is 0 Å². The smallest absolute Gasteiger partial charge is 0.191 e. The molecule has 0 saturated carbocycles. The van der Waals surface area contributed by atoms with Gasteiger partial charge in [0.15, 0.2) is 5.96 Å². The van der Waals surface area contributed by atoms with Crippen molar-refractivity contribution in [2.75, 3.05) is 26.7 Å². The largest absolute Gasteiger partial charge is 0.490 e. The van der Waals surface area contributed by atoms with Crippen molar-refractivity contribution >= 4 is 40.8 Å². The molecule has 0 radical (unpaired) electrons. The molecule has 2 heterocycles. The molecule has 0 spiro atoms. The minimum absolute atomic E-state index is 0. The number of rotatable bonds is 7. The summed E-state index contributed by atoms with van der Waals surface area (Å²) >= 11 is 0. The number of hydrogen-bond donors (Lipinski definition) is 3. The Morgan fingerprint density at radius 2 is 2.04 bits per heavy atom. The van der Waals surface area contributed by atoms with Gasteiger partial charge < -0.3 is 20.4 Å². The zero-order chi connectivity index (χ0) is 18.2. The maximum Gasteiger partial charge on any atom is 0.191 e. The number of aromatic amines is 1. The highest BCUT2D eigenvalue weighted by Crippen LogP contribution is 2.22. The lowest BCUT2D eigenvalue weighted by Crippen LogP contribution is -2.40. The fourth-order valence-corrected chi connectivity index (χ4v) is 2.96. The van der Waals surface area contributed by atoms with Crippen LogP contribution >= 0.6 is 24.0 Å². The topological polar surface area (TPSA) is 74.3 Å². The predicted molar refractivity (Wildman–Crippen MR) is 121 cm³/mol. The molecule has 0 unspecified atom stereocenters. The van der Waals surface area contributed by atoms with E-state index in [1.54, 1.807) is 19.4 Å². The second-order valence-electron chi connectivity index (χ2n) is 6.02. The molecule has 0 atom stereocenters. The van der Waals surface area contributed by atoms with Crippen LogP contribution < -0.4 is 15.4 Å². The van der Waals surface area contributed by atoms with Crippen molar-refractivity contribution in [3.8, 4) is 5.75 Å². The van der Waals surface area contributed by atoms with Crippen LogP contribution in [-0.2, 0) is 6.42 Å². The van der Waals surface area contributed by atoms with Gasteiger partial charge in [0, 0.05) is 36.9 Å². The standard InChI is InChI=1S/C20H25N5O.HI/c1-15-5-3-7-18-19(15)16(13-25-18)8-10-23-20(21-2)24-11-12-26-17-6-4-9-22-14-17;/h3-7,9,13-14,25H,8,10-12H2,1-2H3,(H2,21,23,24);1H. The number of ether oxygens (including phenoxy) is 1. The fraction of sp³-hybridized carbons (Fsp3) is 0.300. The number of nitrogens with zero attached hydrogens (tertiary/aromatic N) is 2. The summed E-state index contributed by atoms with van der Waals surface area (Å²) in [4.78, 5) is 11.6. The zero-order valence-electron chi connectivity index (χ0n) is 15.7. The Morgan fingerprint density at radius 1 is 1.19 bits per heavy atom. The number of aromatic nitrogens is 2. The van der Waals surface area contributed by atoms with Crippen LogP contribution in [0.15, 0.2) is 53.9 Å². The van der Waals surface area contributed by atoms with Crippen LogP contribution in [0.1, 0.15) is 11.1 Å². The molecule has 0 aliphatic carbocycles. The van der Waals surface area contributed by atoms with E-state index in [0.29, 0.717) is 13.2 Å². The number of nitrogens with one attached hydrogen (secondary N) is 3. The molecule has 0 saturated heterocycles. The normalized spacial score (nSPS) is 11.1. The van der Waals surface area contributed by atoms with Crippen molar-refractivity contribution in [3.05, 3.63) is 60.0 Å². The molecular weight excluding hydrogens is 453 g/mol. The van der Waals surface area contributed by atoms with E-state index in [4.69, 9.17) is 4.74 Å². The Hall–Kier alpha value is -2.29. The number of aliphatic imine (C=N–C) groups is 1. The van der Waals surface area contributed by atoms with Crippen LogP contribution in [-0.4, -0.2) is 42.7 Å². The average Bonchev–Trinajstić information content (AvgIpc) is 3.09. The summed E-state index contributed by atoms with van der Waals surface area (Å²) in [6.07, 6.45) is 6.46. The Balaban J connectivity index is 0.00000261. The highest BCUT2D eigenvalue weighted by atomic mass is 127. The van der Waals surface area contributed by atoms with Crippen LogP contribution in [0, 0.1) is 6.92 Å². The monoisotopic (exact) mass is 479 g/mol. The van der Waals surface area contributed by atoms with Gasteiger partial charge in [0.05, 0.1) is 12.7 Å². The van der Waals surface area contributed by atoms with Crippen molar-refractivity contribution in [2.24, 2.45) is 4.99 Å². The van der Waals surface area contributed by atoms with E-state index in [-0.39, 0.29) is 24.0 Å². The van der Waals surface area contributed by atoms with Crippen molar-refractivity contribution in [3.63, 3.8) is 0 Å². The molecule has 144 valence electrons. The molecule has 0 aliphatic heterocycles. The summed E-state index contributed by atoms with van der Waals surface area (Å²) in [6.45, 7) is 4.18. The van der Waals surface area contributed by atoms with Gasteiger partial charge in [-0.3, -0.25) is 9.98 Å². The molecule has 3 N–H and O–H groups in total. The van der Waals surface area contributed by atoms with E-state index < -0.39 is 0 Å². The molecule has 1 aromatic carbocycles. The van der Waals surface area contributed by atoms with Crippen LogP contribution in [0.3, 0.4) is 0 Å². The van der Waals surface area contributed by atoms with E-state index in [1.807, 2.05) is 12.1 Å². The second kappa shape index (κ2) is 10.8. The first-order chi connectivity index (χ1) is 12.8. The lowest BCUT2D eigenvalue weighted by atomic mass is 10.1. The van der Waals surface area contributed by atoms with Gasteiger partial charge in [0.25, 0.3) is 0 Å². The Kier molecular flexibility index (Phi) is 8.38. The summed E-state index contributed by atoms with van der Waals surface area (Å²) in [7, 11) is 1.77. The quantitative estimate of drug-likeness (QED) is 0.211. The van der Waals surface area contributed by atoms with Gasteiger partial charge in [-0.25, -0.2) is 0 Å². The first-order valence-electron chi connectivity index (χ1n) is 8.81. The van der Waals surface area contributed by atoms with E-state index >= 15 is 0 Å². The Labute approximate surface area is 176 Å². The van der Waals surface area contributed by atoms with Crippen LogP contribution in [0.5, 0.6) is 5.75 Å². The summed E-state index contributed by atoms with van der Waals surface area (Å²) in [5, 5.41) is 7.92. The van der Waals surface area contributed by atoms with Gasteiger partial charge in [0.1, 0.15) is 12.4 Å².